The quantitative estimate of drug-likeness (QED) is 0.222. The number of hydrogen-bond acceptors (Lipinski definition) is 7. The molecule has 0 aromatic heterocycles. The van der Waals surface area contributed by atoms with Gasteiger partial charge in [0, 0.05) is 72.6 Å². The van der Waals surface area contributed by atoms with Gasteiger partial charge in [0.05, 0.1) is 0 Å². The number of carbonyl (C=O) groups excluding carboxylic acids is 1. The molecule has 0 saturated heterocycles. The molecule has 0 fully saturated rings. The Bertz CT molecular complexity index is 307. The Kier molecular flexibility index (Phi) is 17.5. The summed E-state index contributed by atoms with van der Waals surface area (Å²) in [7, 11) is 3.58. The first-order valence-electron chi connectivity index (χ1n) is 9.42. The summed E-state index contributed by atoms with van der Waals surface area (Å²) < 4.78 is 4.77. The summed E-state index contributed by atoms with van der Waals surface area (Å²) in [5.74, 6) is -0.0672. The lowest BCUT2D eigenvalue weighted by Gasteiger charge is -2.22. The van der Waals surface area contributed by atoms with Crippen LogP contribution in [0.1, 0.15) is 13.3 Å². The van der Waals surface area contributed by atoms with E-state index in [-0.39, 0.29) is 12.5 Å². The van der Waals surface area contributed by atoms with Crippen LogP contribution >= 0.6 is 0 Å². The topological polar surface area (TPSA) is 94.9 Å². The zero-order valence-electron chi connectivity index (χ0n) is 16.5. The van der Waals surface area contributed by atoms with Gasteiger partial charge in [0.2, 0.25) is 5.91 Å². The molecule has 0 aromatic carbocycles. The van der Waals surface area contributed by atoms with Crippen molar-refractivity contribution >= 4 is 5.91 Å². The Labute approximate surface area is 153 Å². The minimum atomic E-state index is -0.0672. The number of amides is 1. The number of methoxy groups -OCH3 is 1. The summed E-state index contributed by atoms with van der Waals surface area (Å²) >= 11 is 0. The number of carbonyl (C=O) groups is 1. The van der Waals surface area contributed by atoms with Gasteiger partial charge in [-0.1, -0.05) is 6.92 Å². The first-order chi connectivity index (χ1) is 12.1. The van der Waals surface area contributed by atoms with E-state index in [1.807, 2.05) is 0 Å². The maximum atomic E-state index is 11.3. The van der Waals surface area contributed by atoms with Crippen molar-refractivity contribution in [2.24, 2.45) is 5.73 Å². The Balaban J connectivity index is 3.61. The number of nitrogens with zero attached hydrogens (tertiary/aromatic N) is 2. The Morgan fingerprint density at radius 3 is 2.16 bits per heavy atom. The van der Waals surface area contributed by atoms with E-state index in [1.54, 1.807) is 0 Å². The number of rotatable bonds is 18. The molecule has 1 amide bonds. The predicted octanol–water partition coefficient (Wildman–Crippen LogP) is -1.47. The van der Waals surface area contributed by atoms with Crippen molar-refractivity contribution < 1.29 is 9.53 Å². The van der Waals surface area contributed by atoms with Crippen molar-refractivity contribution in [1.29, 1.82) is 0 Å². The second-order valence-corrected chi connectivity index (χ2v) is 6.22. The molecule has 0 aliphatic carbocycles. The largest absolute Gasteiger partial charge is 0.375 e. The molecule has 0 aliphatic heterocycles. The van der Waals surface area contributed by atoms with Crippen LogP contribution in [0.4, 0.5) is 0 Å². The third-order valence-corrected chi connectivity index (χ3v) is 3.84. The van der Waals surface area contributed by atoms with Crippen LogP contribution in [0, 0.1) is 0 Å². The Morgan fingerprint density at radius 2 is 1.56 bits per heavy atom. The highest BCUT2D eigenvalue weighted by Crippen LogP contribution is 1.86. The molecular formula is C17H40N6O2. The molecule has 25 heavy (non-hydrogen) atoms. The molecule has 0 atom stereocenters. The molecule has 0 aromatic rings. The van der Waals surface area contributed by atoms with Gasteiger partial charge in [0.1, 0.15) is 6.61 Å². The van der Waals surface area contributed by atoms with Crippen LogP contribution in [0.3, 0.4) is 0 Å². The second kappa shape index (κ2) is 18.0. The zero-order chi connectivity index (χ0) is 18.8. The van der Waals surface area contributed by atoms with E-state index in [1.165, 1.54) is 13.5 Å². The van der Waals surface area contributed by atoms with Crippen molar-refractivity contribution in [3.63, 3.8) is 0 Å². The highest BCUT2D eigenvalue weighted by Gasteiger charge is 2.04. The second-order valence-electron chi connectivity index (χ2n) is 6.22. The summed E-state index contributed by atoms with van der Waals surface area (Å²) in [5.41, 5.74) is 5.69. The first kappa shape index (κ1) is 24.2. The van der Waals surface area contributed by atoms with E-state index < -0.39 is 0 Å². The average molecular weight is 361 g/mol. The van der Waals surface area contributed by atoms with E-state index in [0.717, 1.165) is 58.9 Å². The van der Waals surface area contributed by atoms with E-state index in [2.05, 4.69) is 39.7 Å². The Hall–Kier alpha value is -0.770. The van der Waals surface area contributed by atoms with Crippen LogP contribution < -0.4 is 21.7 Å². The minimum absolute atomic E-state index is 0.0672. The summed E-state index contributed by atoms with van der Waals surface area (Å²) in [5, 5.41) is 9.73. The summed E-state index contributed by atoms with van der Waals surface area (Å²) in [6, 6.07) is 0. The summed E-state index contributed by atoms with van der Waals surface area (Å²) in [6.07, 6.45) is 1.17. The van der Waals surface area contributed by atoms with Crippen molar-refractivity contribution in [2.45, 2.75) is 13.3 Å². The van der Waals surface area contributed by atoms with Gasteiger partial charge in [-0.25, -0.2) is 0 Å². The van der Waals surface area contributed by atoms with E-state index in [0.29, 0.717) is 13.1 Å². The van der Waals surface area contributed by atoms with Crippen molar-refractivity contribution in [3.05, 3.63) is 0 Å². The van der Waals surface area contributed by atoms with Crippen LogP contribution in [0.2, 0.25) is 0 Å². The fourth-order valence-corrected chi connectivity index (χ4v) is 2.37. The van der Waals surface area contributed by atoms with Gasteiger partial charge < -0.3 is 31.3 Å². The predicted molar refractivity (Wildman–Crippen MR) is 104 cm³/mol. The number of nitrogens with one attached hydrogen (secondary N) is 3. The lowest BCUT2D eigenvalue weighted by molar-refractivity contribution is -0.124. The molecule has 0 rings (SSSR count). The van der Waals surface area contributed by atoms with Crippen LogP contribution in [0.5, 0.6) is 0 Å². The fourth-order valence-electron chi connectivity index (χ4n) is 2.37. The van der Waals surface area contributed by atoms with Gasteiger partial charge >= 0.3 is 0 Å². The van der Waals surface area contributed by atoms with Gasteiger partial charge in [-0.3, -0.25) is 9.69 Å². The molecule has 150 valence electrons. The molecular weight excluding hydrogens is 320 g/mol. The number of ether oxygens (including phenoxy) is 1. The summed E-state index contributed by atoms with van der Waals surface area (Å²) in [4.78, 5) is 15.9. The molecule has 0 saturated carbocycles. The first-order valence-corrected chi connectivity index (χ1v) is 9.42. The van der Waals surface area contributed by atoms with Crippen LogP contribution in [-0.4, -0.2) is 108 Å². The van der Waals surface area contributed by atoms with Crippen LogP contribution in [-0.2, 0) is 9.53 Å². The highest BCUT2D eigenvalue weighted by molar-refractivity contribution is 5.77. The molecule has 8 heteroatoms. The smallest absolute Gasteiger partial charge is 0.246 e. The number of nitrogens with two attached hydrogens (primary N) is 1. The molecule has 8 nitrogen and oxygen atoms in total. The minimum Gasteiger partial charge on any atom is -0.375 e. The van der Waals surface area contributed by atoms with E-state index in [4.69, 9.17) is 10.5 Å². The number of likely N-dealkylation sites (N-methyl/N-ethyl adjacent to an activating group) is 1. The van der Waals surface area contributed by atoms with Crippen molar-refractivity contribution in [2.75, 3.05) is 92.8 Å². The standard InChI is InChI=1S/C17H40N6O2/c1-4-6-19-8-14-23(11-5-18)15-9-20-7-12-22(2)13-10-21-17(24)16-25-3/h19-20H,4-16,18H2,1-3H3,(H,21,24). The molecule has 0 unspecified atom stereocenters. The van der Waals surface area contributed by atoms with Gasteiger partial charge in [-0.15, -0.1) is 0 Å². The third kappa shape index (κ3) is 16.4. The normalized spacial score (nSPS) is 11.4. The van der Waals surface area contributed by atoms with Crippen molar-refractivity contribution in [1.82, 2.24) is 25.8 Å². The lowest BCUT2D eigenvalue weighted by Crippen LogP contribution is -2.41. The monoisotopic (exact) mass is 360 g/mol. The van der Waals surface area contributed by atoms with E-state index >= 15 is 0 Å². The highest BCUT2D eigenvalue weighted by atomic mass is 16.5. The SMILES string of the molecule is CCCNCCN(CCN)CCNCCN(C)CCNC(=O)COC. The molecule has 0 radical (unpaired) electrons. The molecule has 0 spiro atoms. The lowest BCUT2D eigenvalue weighted by atomic mass is 10.4. The molecule has 5 N–H and O–H groups in total. The number of hydrogen-bond donors (Lipinski definition) is 4. The van der Waals surface area contributed by atoms with Crippen LogP contribution in [0.25, 0.3) is 0 Å². The van der Waals surface area contributed by atoms with Gasteiger partial charge in [-0.2, -0.15) is 0 Å². The van der Waals surface area contributed by atoms with Gasteiger partial charge in [0.25, 0.3) is 0 Å². The third-order valence-electron chi connectivity index (χ3n) is 3.84. The fraction of sp³-hybridized carbons (Fsp3) is 0.941. The Morgan fingerprint density at radius 1 is 0.960 bits per heavy atom. The molecule has 0 bridgehead atoms. The average Bonchev–Trinajstić information content (AvgIpc) is 2.58. The van der Waals surface area contributed by atoms with Gasteiger partial charge in [-0.05, 0) is 20.0 Å². The summed E-state index contributed by atoms with van der Waals surface area (Å²) in [6.45, 7) is 12.4. The van der Waals surface area contributed by atoms with Gasteiger partial charge in [0.15, 0.2) is 0 Å². The maximum absolute atomic E-state index is 11.3. The van der Waals surface area contributed by atoms with Crippen LogP contribution in [0.15, 0.2) is 0 Å². The molecule has 0 heterocycles. The van der Waals surface area contributed by atoms with E-state index in [9.17, 15) is 4.79 Å². The van der Waals surface area contributed by atoms with Crippen molar-refractivity contribution in [3.8, 4) is 0 Å². The zero-order valence-corrected chi connectivity index (χ0v) is 16.5. The maximum Gasteiger partial charge on any atom is 0.246 e. The molecule has 0 aliphatic rings.